The Hall–Kier alpha value is -2.49. The first-order valence-corrected chi connectivity index (χ1v) is 6.57. The number of nitrogens with zero attached hydrogens (tertiary/aromatic N) is 1. The van der Waals surface area contributed by atoms with Gasteiger partial charge in [-0.05, 0) is 36.4 Å². The van der Waals surface area contributed by atoms with Crippen molar-refractivity contribution in [3.63, 3.8) is 0 Å². The van der Waals surface area contributed by atoms with Crippen LogP contribution in [-0.2, 0) is 0 Å². The molecule has 0 spiro atoms. The van der Waals surface area contributed by atoms with E-state index >= 15 is 0 Å². The average molecular weight is 269 g/mol. The third kappa shape index (κ3) is 3.75. The number of benzene rings is 2. The highest BCUT2D eigenvalue weighted by atomic mass is 16.1. The lowest BCUT2D eigenvalue weighted by atomic mass is 10.2. The Labute approximate surface area is 119 Å². The molecule has 0 aliphatic carbocycles. The summed E-state index contributed by atoms with van der Waals surface area (Å²) in [6.45, 7) is 1.35. The van der Waals surface area contributed by atoms with E-state index in [4.69, 9.17) is 5.73 Å². The van der Waals surface area contributed by atoms with Gasteiger partial charge >= 0.3 is 0 Å². The van der Waals surface area contributed by atoms with Crippen molar-refractivity contribution in [3.8, 4) is 0 Å². The number of carbonyl (C=O) groups excluding carboxylic acids is 1. The predicted octanol–water partition coefficient (Wildman–Crippen LogP) is 2.13. The van der Waals surface area contributed by atoms with Crippen LogP contribution in [0.2, 0.25) is 0 Å². The maximum atomic E-state index is 11.9. The summed E-state index contributed by atoms with van der Waals surface area (Å²) >= 11 is 0. The molecule has 0 atom stereocenters. The van der Waals surface area contributed by atoms with Crippen molar-refractivity contribution in [1.29, 1.82) is 0 Å². The van der Waals surface area contributed by atoms with Gasteiger partial charge in [-0.25, -0.2) is 0 Å². The van der Waals surface area contributed by atoms with E-state index in [1.54, 1.807) is 24.3 Å². The Morgan fingerprint density at radius 3 is 2.40 bits per heavy atom. The van der Waals surface area contributed by atoms with Gasteiger partial charge in [0, 0.05) is 37.1 Å². The normalized spacial score (nSPS) is 10.1. The van der Waals surface area contributed by atoms with Crippen molar-refractivity contribution in [3.05, 3.63) is 60.2 Å². The van der Waals surface area contributed by atoms with E-state index in [2.05, 4.69) is 10.2 Å². The number of likely N-dealkylation sites (N-methyl/N-ethyl adjacent to an activating group) is 1. The van der Waals surface area contributed by atoms with Crippen molar-refractivity contribution in [2.45, 2.75) is 0 Å². The molecule has 0 aromatic heterocycles. The van der Waals surface area contributed by atoms with Gasteiger partial charge in [0.05, 0.1) is 0 Å². The molecule has 0 saturated heterocycles. The van der Waals surface area contributed by atoms with Crippen LogP contribution in [0.4, 0.5) is 11.4 Å². The first kappa shape index (κ1) is 13.9. The molecule has 0 aliphatic rings. The number of nitrogens with one attached hydrogen (secondary N) is 1. The number of hydrogen-bond acceptors (Lipinski definition) is 3. The second-order valence-electron chi connectivity index (χ2n) is 4.64. The van der Waals surface area contributed by atoms with E-state index in [9.17, 15) is 4.79 Å². The highest BCUT2D eigenvalue weighted by Gasteiger charge is 2.05. The molecule has 3 N–H and O–H groups in total. The molecule has 1 amide bonds. The number of nitrogen functional groups attached to an aromatic ring is 1. The van der Waals surface area contributed by atoms with Crippen LogP contribution in [0.25, 0.3) is 0 Å². The zero-order valence-corrected chi connectivity index (χ0v) is 11.5. The number of rotatable bonds is 5. The lowest BCUT2D eigenvalue weighted by molar-refractivity contribution is 0.0955. The highest BCUT2D eigenvalue weighted by Crippen LogP contribution is 2.10. The molecule has 20 heavy (non-hydrogen) atoms. The van der Waals surface area contributed by atoms with Crippen LogP contribution in [0.1, 0.15) is 10.4 Å². The predicted molar refractivity (Wildman–Crippen MR) is 82.9 cm³/mol. The van der Waals surface area contributed by atoms with E-state index < -0.39 is 0 Å². The van der Waals surface area contributed by atoms with Gasteiger partial charge in [-0.2, -0.15) is 0 Å². The summed E-state index contributed by atoms with van der Waals surface area (Å²) in [6.07, 6.45) is 0. The molecule has 0 fully saturated rings. The van der Waals surface area contributed by atoms with Gasteiger partial charge in [0.2, 0.25) is 0 Å². The number of nitrogens with two attached hydrogens (primary N) is 1. The fourth-order valence-corrected chi connectivity index (χ4v) is 1.89. The maximum absolute atomic E-state index is 11.9. The quantitative estimate of drug-likeness (QED) is 0.818. The first-order chi connectivity index (χ1) is 9.66. The molecular formula is C16H19N3O. The zero-order valence-electron chi connectivity index (χ0n) is 11.5. The number of anilines is 2. The summed E-state index contributed by atoms with van der Waals surface area (Å²) in [7, 11) is 2.00. The van der Waals surface area contributed by atoms with Crippen molar-refractivity contribution >= 4 is 17.3 Å². The van der Waals surface area contributed by atoms with E-state index in [1.807, 2.05) is 37.4 Å². The van der Waals surface area contributed by atoms with Crippen molar-refractivity contribution in [2.75, 3.05) is 30.8 Å². The summed E-state index contributed by atoms with van der Waals surface area (Å²) in [4.78, 5) is 14.0. The van der Waals surface area contributed by atoms with E-state index in [1.165, 1.54) is 0 Å². The molecule has 4 heteroatoms. The fourth-order valence-electron chi connectivity index (χ4n) is 1.89. The van der Waals surface area contributed by atoms with Crippen LogP contribution in [0.5, 0.6) is 0 Å². The highest BCUT2D eigenvalue weighted by molar-refractivity contribution is 5.94. The third-order valence-electron chi connectivity index (χ3n) is 3.10. The van der Waals surface area contributed by atoms with E-state index in [0.29, 0.717) is 17.8 Å². The number of hydrogen-bond donors (Lipinski definition) is 2. The topological polar surface area (TPSA) is 58.4 Å². The first-order valence-electron chi connectivity index (χ1n) is 6.57. The lowest BCUT2D eigenvalue weighted by Crippen LogP contribution is -2.32. The maximum Gasteiger partial charge on any atom is 0.251 e. The second-order valence-corrected chi connectivity index (χ2v) is 4.64. The molecule has 104 valence electrons. The Bertz CT molecular complexity index is 552. The monoisotopic (exact) mass is 269 g/mol. The molecule has 0 bridgehead atoms. The van der Waals surface area contributed by atoms with Gasteiger partial charge in [0.1, 0.15) is 0 Å². The number of amides is 1. The minimum absolute atomic E-state index is 0.0774. The van der Waals surface area contributed by atoms with Crippen molar-refractivity contribution in [1.82, 2.24) is 5.32 Å². The molecular weight excluding hydrogens is 250 g/mol. The molecule has 0 radical (unpaired) electrons. The van der Waals surface area contributed by atoms with Gasteiger partial charge < -0.3 is 16.0 Å². The van der Waals surface area contributed by atoms with E-state index in [-0.39, 0.29) is 5.91 Å². The summed E-state index contributed by atoms with van der Waals surface area (Å²) in [5.74, 6) is -0.0774. The Balaban J connectivity index is 1.81. The van der Waals surface area contributed by atoms with Gasteiger partial charge in [0.25, 0.3) is 5.91 Å². The fraction of sp³-hybridized carbons (Fsp3) is 0.188. The SMILES string of the molecule is CN(CCNC(=O)c1ccc(N)cc1)c1ccccc1. The molecule has 0 unspecified atom stereocenters. The van der Waals surface area contributed by atoms with Crippen LogP contribution in [0.3, 0.4) is 0 Å². The summed E-state index contributed by atoms with van der Waals surface area (Å²) in [5, 5.41) is 2.90. The van der Waals surface area contributed by atoms with Crippen LogP contribution in [0.15, 0.2) is 54.6 Å². The van der Waals surface area contributed by atoms with Gasteiger partial charge in [-0.15, -0.1) is 0 Å². The smallest absolute Gasteiger partial charge is 0.251 e. The van der Waals surface area contributed by atoms with Crippen LogP contribution in [0, 0.1) is 0 Å². The minimum Gasteiger partial charge on any atom is -0.399 e. The Morgan fingerprint density at radius 1 is 1.10 bits per heavy atom. The number of para-hydroxylation sites is 1. The Kier molecular flexibility index (Phi) is 4.60. The minimum atomic E-state index is -0.0774. The van der Waals surface area contributed by atoms with Crippen molar-refractivity contribution in [2.24, 2.45) is 0 Å². The molecule has 4 nitrogen and oxygen atoms in total. The summed E-state index contributed by atoms with van der Waals surface area (Å²) in [6, 6.07) is 17.0. The van der Waals surface area contributed by atoms with Gasteiger partial charge in [-0.3, -0.25) is 4.79 Å². The molecule has 0 heterocycles. The Morgan fingerprint density at radius 2 is 1.75 bits per heavy atom. The molecule has 0 saturated carbocycles. The zero-order chi connectivity index (χ0) is 14.4. The van der Waals surface area contributed by atoms with Crippen LogP contribution >= 0.6 is 0 Å². The van der Waals surface area contributed by atoms with Crippen molar-refractivity contribution < 1.29 is 4.79 Å². The molecule has 2 rings (SSSR count). The average Bonchev–Trinajstić information content (AvgIpc) is 2.48. The number of carbonyl (C=O) groups is 1. The summed E-state index contributed by atoms with van der Waals surface area (Å²) in [5.41, 5.74) is 8.01. The van der Waals surface area contributed by atoms with Crippen LogP contribution in [-0.4, -0.2) is 26.0 Å². The van der Waals surface area contributed by atoms with Gasteiger partial charge in [-0.1, -0.05) is 18.2 Å². The lowest BCUT2D eigenvalue weighted by Gasteiger charge is -2.19. The molecule has 2 aromatic rings. The largest absolute Gasteiger partial charge is 0.399 e. The van der Waals surface area contributed by atoms with Gasteiger partial charge in [0.15, 0.2) is 0 Å². The summed E-state index contributed by atoms with van der Waals surface area (Å²) < 4.78 is 0. The van der Waals surface area contributed by atoms with E-state index in [0.717, 1.165) is 12.2 Å². The van der Waals surface area contributed by atoms with Crippen LogP contribution < -0.4 is 16.0 Å². The molecule has 2 aromatic carbocycles. The third-order valence-corrected chi connectivity index (χ3v) is 3.10. The second kappa shape index (κ2) is 6.61. The standard InChI is InChI=1S/C16H19N3O/c1-19(15-5-3-2-4-6-15)12-11-18-16(20)13-7-9-14(17)10-8-13/h2-10H,11-12,17H2,1H3,(H,18,20). The molecule has 0 aliphatic heterocycles.